The Morgan fingerprint density at radius 2 is 2.00 bits per heavy atom. The third kappa shape index (κ3) is 3.38. The summed E-state index contributed by atoms with van der Waals surface area (Å²) in [6.07, 6.45) is 2.28. The smallest absolute Gasteiger partial charge is 0.205 e. The molecule has 0 amide bonds. The van der Waals surface area contributed by atoms with Crippen molar-refractivity contribution in [2.75, 3.05) is 11.9 Å². The number of aryl methyl sites for hydroxylation is 2. The van der Waals surface area contributed by atoms with Crippen LogP contribution in [0.3, 0.4) is 0 Å². The normalized spacial score (nSPS) is 10.3. The molecule has 6 heteroatoms. The Morgan fingerprint density at radius 3 is 2.82 bits per heavy atom. The van der Waals surface area contributed by atoms with E-state index in [4.69, 9.17) is 0 Å². The quantitative estimate of drug-likeness (QED) is 0.595. The average molecular weight is 309 g/mol. The maximum atomic E-state index is 4.30. The summed E-state index contributed by atoms with van der Waals surface area (Å²) in [6, 6.07) is 3.96. The van der Waals surface area contributed by atoms with E-state index in [1.54, 1.807) is 17.7 Å². The number of aromatic nitrogens is 4. The summed E-state index contributed by atoms with van der Waals surface area (Å²) in [6.45, 7) is 4.62. The highest BCUT2D eigenvalue weighted by Gasteiger charge is 2.02. The van der Waals surface area contributed by atoms with Crippen LogP contribution in [0.5, 0.6) is 0 Å². The molecule has 0 aliphatic carbocycles. The van der Waals surface area contributed by atoms with E-state index in [1.807, 2.05) is 31.4 Å². The van der Waals surface area contributed by atoms with Gasteiger partial charge in [-0.3, -0.25) is 0 Å². The van der Waals surface area contributed by atoms with Gasteiger partial charge < -0.3 is 5.32 Å². The predicted octanol–water partition coefficient (Wildman–Crippen LogP) is 2.95. The molecule has 0 fully saturated rings. The molecular weight excluding hydrogens is 294 g/mol. The van der Waals surface area contributed by atoms with Crippen molar-refractivity contribution in [1.29, 1.82) is 0 Å². The number of fused-ring (bicyclic) bond motifs is 1. The predicted molar refractivity (Wildman–Crippen MR) is 88.9 cm³/mol. The van der Waals surface area contributed by atoms with Crippen LogP contribution in [0.15, 0.2) is 23.8 Å². The summed E-state index contributed by atoms with van der Waals surface area (Å²) in [7, 11) is 0. The van der Waals surface area contributed by atoms with Crippen molar-refractivity contribution in [2.45, 2.75) is 20.3 Å². The van der Waals surface area contributed by atoms with E-state index in [-0.39, 0.29) is 0 Å². The van der Waals surface area contributed by atoms with Crippen LogP contribution in [0.1, 0.15) is 23.6 Å². The molecule has 110 valence electrons. The topological polar surface area (TPSA) is 63.6 Å². The molecule has 1 N–H and O–H groups in total. The van der Waals surface area contributed by atoms with Crippen molar-refractivity contribution in [3.8, 4) is 11.8 Å². The number of anilines is 1. The average Bonchev–Trinajstić information content (AvgIpc) is 2.95. The van der Waals surface area contributed by atoms with E-state index >= 15 is 0 Å². The molecule has 3 aromatic heterocycles. The molecule has 0 atom stereocenters. The Kier molecular flexibility index (Phi) is 4.26. The first kappa shape index (κ1) is 14.4. The molecule has 0 aromatic carbocycles. The Labute approximate surface area is 132 Å². The number of hydrogen-bond donors (Lipinski definition) is 1. The minimum Gasteiger partial charge on any atom is -0.368 e. The lowest BCUT2D eigenvalue weighted by atomic mass is 10.3. The maximum Gasteiger partial charge on any atom is 0.205 e. The van der Waals surface area contributed by atoms with E-state index < -0.39 is 0 Å². The standard InChI is InChI=1S/C16H15N5S/c1-11-9-12(2)21-14(20-11)5-3-4-7-17-15-13-6-8-22-16(13)19-10-18-15/h6,8-10H,4,7H2,1-2H3,(H,17,18,19). The van der Waals surface area contributed by atoms with Gasteiger partial charge in [0.05, 0.1) is 5.39 Å². The minimum absolute atomic E-state index is 0.583. The zero-order valence-corrected chi connectivity index (χ0v) is 13.2. The highest BCUT2D eigenvalue weighted by Crippen LogP contribution is 2.23. The van der Waals surface area contributed by atoms with Gasteiger partial charge in [0.15, 0.2) is 0 Å². The molecule has 3 aromatic rings. The summed E-state index contributed by atoms with van der Waals surface area (Å²) >= 11 is 1.61. The zero-order valence-electron chi connectivity index (χ0n) is 12.4. The summed E-state index contributed by atoms with van der Waals surface area (Å²) in [5.41, 5.74) is 1.88. The molecule has 0 saturated carbocycles. The molecule has 3 rings (SSSR count). The fraction of sp³-hybridized carbons (Fsp3) is 0.250. The molecule has 0 unspecified atom stereocenters. The van der Waals surface area contributed by atoms with Crippen molar-refractivity contribution >= 4 is 27.4 Å². The van der Waals surface area contributed by atoms with Crippen LogP contribution in [0.25, 0.3) is 10.2 Å². The molecule has 22 heavy (non-hydrogen) atoms. The number of nitrogens with one attached hydrogen (secondary N) is 1. The van der Waals surface area contributed by atoms with Gasteiger partial charge in [0.2, 0.25) is 5.82 Å². The van der Waals surface area contributed by atoms with Crippen molar-refractivity contribution in [2.24, 2.45) is 0 Å². The molecule has 0 radical (unpaired) electrons. The molecule has 0 spiro atoms. The number of nitrogens with zero attached hydrogens (tertiary/aromatic N) is 4. The van der Waals surface area contributed by atoms with Gasteiger partial charge >= 0.3 is 0 Å². The van der Waals surface area contributed by atoms with Crippen LogP contribution >= 0.6 is 11.3 Å². The van der Waals surface area contributed by atoms with Crippen molar-refractivity contribution in [3.63, 3.8) is 0 Å². The second kappa shape index (κ2) is 6.50. The first-order chi connectivity index (χ1) is 10.7. The van der Waals surface area contributed by atoms with Crippen LogP contribution in [0.2, 0.25) is 0 Å². The van der Waals surface area contributed by atoms with Crippen molar-refractivity contribution < 1.29 is 0 Å². The fourth-order valence-corrected chi connectivity index (χ4v) is 2.83. The van der Waals surface area contributed by atoms with E-state index in [2.05, 4.69) is 37.1 Å². The van der Waals surface area contributed by atoms with Gasteiger partial charge in [-0.2, -0.15) is 0 Å². The van der Waals surface area contributed by atoms with Gasteiger partial charge in [0, 0.05) is 24.4 Å². The Bertz CT molecular complexity index is 839. The second-order valence-electron chi connectivity index (χ2n) is 4.81. The van der Waals surface area contributed by atoms with Crippen LogP contribution in [-0.2, 0) is 0 Å². The molecule has 5 nitrogen and oxygen atoms in total. The van der Waals surface area contributed by atoms with Gasteiger partial charge in [-0.1, -0.05) is 5.92 Å². The second-order valence-corrected chi connectivity index (χ2v) is 5.71. The first-order valence-electron chi connectivity index (χ1n) is 6.95. The summed E-state index contributed by atoms with van der Waals surface area (Å²) in [5, 5.41) is 6.36. The van der Waals surface area contributed by atoms with Gasteiger partial charge in [-0.25, -0.2) is 19.9 Å². The first-order valence-corrected chi connectivity index (χ1v) is 7.83. The summed E-state index contributed by atoms with van der Waals surface area (Å²) in [4.78, 5) is 18.1. The van der Waals surface area contributed by atoms with Crippen molar-refractivity contribution in [3.05, 3.63) is 41.1 Å². The highest BCUT2D eigenvalue weighted by atomic mass is 32.1. The molecule has 0 bridgehead atoms. The zero-order chi connectivity index (χ0) is 15.4. The molecule has 0 aliphatic heterocycles. The lowest BCUT2D eigenvalue weighted by Crippen LogP contribution is -2.03. The number of thiophene rings is 1. The van der Waals surface area contributed by atoms with Crippen molar-refractivity contribution in [1.82, 2.24) is 19.9 Å². The van der Waals surface area contributed by atoms with Gasteiger partial charge in [0.1, 0.15) is 17.0 Å². The van der Waals surface area contributed by atoms with Gasteiger partial charge in [0.25, 0.3) is 0 Å². The van der Waals surface area contributed by atoms with Crippen LogP contribution in [0.4, 0.5) is 5.82 Å². The monoisotopic (exact) mass is 309 g/mol. The molecular formula is C16H15N5S. The Morgan fingerprint density at radius 1 is 1.18 bits per heavy atom. The van der Waals surface area contributed by atoms with Crippen LogP contribution in [0, 0.1) is 25.7 Å². The van der Waals surface area contributed by atoms with Crippen LogP contribution in [-0.4, -0.2) is 26.5 Å². The van der Waals surface area contributed by atoms with Gasteiger partial charge in [-0.05, 0) is 37.3 Å². The van der Waals surface area contributed by atoms with E-state index in [0.717, 1.165) is 34.0 Å². The highest BCUT2D eigenvalue weighted by molar-refractivity contribution is 7.16. The molecule has 0 aliphatic rings. The number of hydrogen-bond acceptors (Lipinski definition) is 6. The minimum atomic E-state index is 0.583. The van der Waals surface area contributed by atoms with Crippen LogP contribution < -0.4 is 5.32 Å². The largest absolute Gasteiger partial charge is 0.368 e. The third-order valence-corrected chi connectivity index (χ3v) is 3.81. The maximum absolute atomic E-state index is 4.30. The number of rotatable bonds is 3. The molecule has 0 saturated heterocycles. The molecule has 3 heterocycles. The third-order valence-electron chi connectivity index (χ3n) is 2.99. The Hall–Kier alpha value is -2.52. The van der Waals surface area contributed by atoms with Gasteiger partial charge in [-0.15, -0.1) is 11.3 Å². The van der Waals surface area contributed by atoms with E-state index in [1.165, 1.54) is 0 Å². The Balaban J connectivity index is 1.60. The summed E-state index contributed by atoms with van der Waals surface area (Å²) < 4.78 is 0. The lowest BCUT2D eigenvalue weighted by molar-refractivity contribution is 1.02. The summed E-state index contributed by atoms with van der Waals surface area (Å²) in [5.74, 6) is 7.53. The van der Waals surface area contributed by atoms with E-state index in [9.17, 15) is 0 Å². The fourth-order valence-electron chi connectivity index (χ4n) is 2.10. The lowest BCUT2D eigenvalue weighted by Gasteiger charge is -2.03. The SMILES string of the molecule is Cc1cc(C)nc(C#CCCNc2ncnc3sccc23)n1. The van der Waals surface area contributed by atoms with E-state index in [0.29, 0.717) is 12.2 Å².